The van der Waals surface area contributed by atoms with Crippen LogP contribution in [0, 0.1) is 0 Å². The number of benzene rings is 2. The molecule has 102 valence electrons. The van der Waals surface area contributed by atoms with Gasteiger partial charge in [-0.3, -0.25) is 4.79 Å². The topological polar surface area (TPSA) is 62.5 Å². The third-order valence-electron chi connectivity index (χ3n) is 3.25. The zero-order chi connectivity index (χ0) is 13.9. The van der Waals surface area contributed by atoms with Crippen molar-refractivity contribution in [1.82, 2.24) is 5.32 Å². The fourth-order valence-electron chi connectivity index (χ4n) is 2.35. The minimum Gasteiger partial charge on any atom is -0.461 e. The van der Waals surface area contributed by atoms with E-state index in [0.717, 1.165) is 21.7 Å². The Balaban J connectivity index is 1.94. The molecule has 0 aliphatic heterocycles. The molecule has 0 fully saturated rings. The number of nitrogens with one attached hydrogen (secondary N) is 1. The van der Waals surface area contributed by atoms with Crippen LogP contribution in [0.15, 0.2) is 46.9 Å². The van der Waals surface area contributed by atoms with E-state index < -0.39 is 0 Å². The van der Waals surface area contributed by atoms with Crippen molar-refractivity contribution < 1.29 is 14.3 Å². The van der Waals surface area contributed by atoms with E-state index in [4.69, 9.17) is 9.52 Å². The highest BCUT2D eigenvalue weighted by Crippen LogP contribution is 2.28. The number of hydrogen-bond acceptors (Lipinski definition) is 3. The maximum Gasteiger partial charge on any atom is 0.227 e. The van der Waals surface area contributed by atoms with Gasteiger partial charge in [0.15, 0.2) is 0 Å². The molecular formula is C16H15NO3. The molecule has 0 atom stereocenters. The fourth-order valence-corrected chi connectivity index (χ4v) is 2.35. The third kappa shape index (κ3) is 2.38. The molecule has 0 aliphatic rings. The number of amides is 1. The molecule has 1 aromatic heterocycles. The number of carbonyl (C=O) groups is 1. The number of aliphatic hydroxyl groups excluding tert-OH is 1. The molecule has 1 amide bonds. The van der Waals surface area contributed by atoms with Crippen molar-refractivity contribution in [2.75, 3.05) is 13.2 Å². The van der Waals surface area contributed by atoms with Crippen molar-refractivity contribution in [3.8, 4) is 0 Å². The van der Waals surface area contributed by atoms with Crippen LogP contribution in [-0.4, -0.2) is 24.2 Å². The molecule has 0 spiro atoms. The van der Waals surface area contributed by atoms with E-state index in [1.807, 2.05) is 36.4 Å². The first-order valence-electron chi connectivity index (χ1n) is 6.55. The van der Waals surface area contributed by atoms with Gasteiger partial charge in [-0.05, 0) is 22.9 Å². The molecule has 0 saturated heterocycles. The Morgan fingerprint density at radius 2 is 2.00 bits per heavy atom. The Bertz CT molecular complexity index is 761. The molecular weight excluding hydrogens is 254 g/mol. The molecule has 20 heavy (non-hydrogen) atoms. The van der Waals surface area contributed by atoms with Gasteiger partial charge in [0.1, 0.15) is 11.3 Å². The van der Waals surface area contributed by atoms with E-state index in [9.17, 15) is 4.79 Å². The van der Waals surface area contributed by atoms with Gasteiger partial charge in [0.05, 0.1) is 13.0 Å². The summed E-state index contributed by atoms with van der Waals surface area (Å²) in [6, 6.07) is 13.9. The standard InChI is InChI=1S/C16H15NO3/c18-8-7-17-16(19)10-12-9-14-13-4-2-1-3-11(13)5-6-15(14)20-12/h1-6,9,18H,7-8,10H2,(H,17,19). The summed E-state index contributed by atoms with van der Waals surface area (Å²) < 4.78 is 5.70. The molecule has 4 nitrogen and oxygen atoms in total. The van der Waals surface area contributed by atoms with Gasteiger partial charge in [-0.15, -0.1) is 0 Å². The largest absolute Gasteiger partial charge is 0.461 e. The lowest BCUT2D eigenvalue weighted by molar-refractivity contribution is -0.120. The molecule has 0 radical (unpaired) electrons. The van der Waals surface area contributed by atoms with Crippen LogP contribution in [0.2, 0.25) is 0 Å². The lowest BCUT2D eigenvalue weighted by atomic mass is 10.1. The zero-order valence-electron chi connectivity index (χ0n) is 10.9. The van der Waals surface area contributed by atoms with Crippen molar-refractivity contribution in [2.45, 2.75) is 6.42 Å². The van der Waals surface area contributed by atoms with E-state index in [1.165, 1.54) is 0 Å². The highest BCUT2D eigenvalue weighted by atomic mass is 16.3. The van der Waals surface area contributed by atoms with Gasteiger partial charge in [-0.25, -0.2) is 0 Å². The van der Waals surface area contributed by atoms with Gasteiger partial charge in [0.2, 0.25) is 5.91 Å². The summed E-state index contributed by atoms with van der Waals surface area (Å²) in [4.78, 5) is 11.6. The predicted molar refractivity (Wildman–Crippen MR) is 77.5 cm³/mol. The maximum absolute atomic E-state index is 11.6. The predicted octanol–water partition coefficient (Wildman–Crippen LogP) is 2.24. The average molecular weight is 269 g/mol. The molecule has 2 aromatic carbocycles. The van der Waals surface area contributed by atoms with Crippen LogP contribution in [0.3, 0.4) is 0 Å². The first kappa shape index (κ1) is 12.7. The normalized spacial score (nSPS) is 11.1. The molecule has 0 saturated carbocycles. The van der Waals surface area contributed by atoms with Crippen LogP contribution < -0.4 is 5.32 Å². The minimum atomic E-state index is -0.151. The second-order valence-corrected chi connectivity index (χ2v) is 4.66. The molecule has 3 aromatic rings. The lowest BCUT2D eigenvalue weighted by Gasteiger charge is -1.99. The van der Waals surface area contributed by atoms with Crippen LogP contribution >= 0.6 is 0 Å². The highest BCUT2D eigenvalue weighted by Gasteiger charge is 2.10. The Morgan fingerprint density at radius 3 is 2.85 bits per heavy atom. The Hall–Kier alpha value is -2.33. The second-order valence-electron chi connectivity index (χ2n) is 4.66. The number of aliphatic hydroxyl groups is 1. The number of hydrogen-bond donors (Lipinski definition) is 2. The summed E-state index contributed by atoms with van der Waals surface area (Å²) >= 11 is 0. The van der Waals surface area contributed by atoms with Crippen molar-refractivity contribution in [1.29, 1.82) is 0 Å². The summed E-state index contributed by atoms with van der Waals surface area (Å²) in [5, 5.41) is 14.6. The zero-order valence-corrected chi connectivity index (χ0v) is 10.9. The first-order valence-corrected chi connectivity index (χ1v) is 6.55. The molecule has 0 bridgehead atoms. The molecule has 4 heteroatoms. The Labute approximate surface area is 116 Å². The summed E-state index contributed by atoms with van der Waals surface area (Å²) in [6.07, 6.45) is 0.184. The molecule has 0 unspecified atom stereocenters. The second kappa shape index (κ2) is 5.35. The minimum absolute atomic E-state index is 0.0590. The van der Waals surface area contributed by atoms with Crippen molar-refractivity contribution in [2.24, 2.45) is 0 Å². The average Bonchev–Trinajstić information content (AvgIpc) is 2.88. The van der Waals surface area contributed by atoms with E-state index in [2.05, 4.69) is 11.4 Å². The fraction of sp³-hybridized carbons (Fsp3) is 0.188. The van der Waals surface area contributed by atoms with Crippen LogP contribution in [0.1, 0.15) is 5.76 Å². The van der Waals surface area contributed by atoms with E-state index in [0.29, 0.717) is 5.76 Å². The Morgan fingerprint density at radius 1 is 1.15 bits per heavy atom. The van der Waals surface area contributed by atoms with Gasteiger partial charge < -0.3 is 14.8 Å². The molecule has 3 rings (SSSR count). The summed E-state index contributed by atoms with van der Waals surface area (Å²) in [6.45, 7) is 0.207. The van der Waals surface area contributed by atoms with Crippen LogP contribution in [0.4, 0.5) is 0 Å². The van der Waals surface area contributed by atoms with Gasteiger partial charge >= 0.3 is 0 Å². The van der Waals surface area contributed by atoms with Crippen molar-refractivity contribution >= 4 is 27.6 Å². The van der Waals surface area contributed by atoms with Crippen LogP contribution in [0.25, 0.3) is 21.7 Å². The van der Waals surface area contributed by atoms with Crippen LogP contribution in [0.5, 0.6) is 0 Å². The monoisotopic (exact) mass is 269 g/mol. The summed E-state index contributed by atoms with van der Waals surface area (Å²) in [7, 11) is 0. The van der Waals surface area contributed by atoms with E-state index in [-0.39, 0.29) is 25.5 Å². The Kier molecular flexibility index (Phi) is 3.39. The van der Waals surface area contributed by atoms with Gasteiger partial charge in [-0.2, -0.15) is 0 Å². The van der Waals surface area contributed by atoms with Gasteiger partial charge in [0.25, 0.3) is 0 Å². The van der Waals surface area contributed by atoms with Gasteiger partial charge in [0, 0.05) is 11.9 Å². The van der Waals surface area contributed by atoms with Crippen LogP contribution in [-0.2, 0) is 11.2 Å². The highest BCUT2D eigenvalue weighted by molar-refractivity contribution is 6.06. The third-order valence-corrected chi connectivity index (χ3v) is 3.25. The van der Waals surface area contributed by atoms with Crippen molar-refractivity contribution in [3.63, 3.8) is 0 Å². The molecule has 1 heterocycles. The summed E-state index contributed by atoms with van der Waals surface area (Å²) in [5.74, 6) is 0.481. The number of carbonyl (C=O) groups excluding carboxylic acids is 1. The van der Waals surface area contributed by atoms with Crippen molar-refractivity contribution in [3.05, 3.63) is 48.2 Å². The van der Waals surface area contributed by atoms with Gasteiger partial charge in [-0.1, -0.05) is 30.3 Å². The van der Waals surface area contributed by atoms with E-state index >= 15 is 0 Å². The summed E-state index contributed by atoms with van der Waals surface area (Å²) in [5.41, 5.74) is 0.786. The quantitative estimate of drug-likeness (QED) is 0.763. The lowest BCUT2D eigenvalue weighted by Crippen LogP contribution is -2.27. The number of rotatable bonds is 4. The smallest absolute Gasteiger partial charge is 0.227 e. The number of furan rings is 1. The molecule has 2 N–H and O–H groups in total. The maximum atomic E-state index is 11.6. The first-order chi connectivity index (χ1) is 9.78. The SMILES string of the molecule is O=C(Cc1cc2c(ccc3ccccc32)o1)NCCO. The number of fused-ring (bicyclic) bond motifs is 3. The molecule has 0 aliphatic carbocycles. The van der Waals surface area contributed by atoms with E-state index in [1.54, 1.807) is 0 Å².